The first-order chi connectivity index (χ1) is 13.3. The second-order valence-corrected chi connectivity index (χ2v) is 8.08. The van der Waals surface area contributed by atoms with Crippen LogP contribution in [0.25, 0.3) is 32.9 Å². The minimum atomic E-state index is -0.580. The number of hydrogen-bond donors (Lipinski definition) is 0. The minimum absolute atomic E-state index is 0.383. The van der Waals surface area contributed by atoms with E-state index in [4.69, 9.17) is 9.72 Å². The molecule has 2 heterocycles. The van der Waals surface area contributed by atoms with E-state index < -0.39 is 5.60 Å². The monoisotopic (exact) mass is 372 g/mol. The standard InChI is InChI=1S/C24H24N2O2/c1-15-20(17-11-7-6-8-12-17)21-18-13-9-10-14-19(18)26(22(21)16(2)25-15)23(27)28-24(3,4)5/h6-14H,1-5H3. The number of nitrogens with zero attached hydrogens (tertiary/aromatic N) is 2. The van der Waals surface area contributed by atoms with Gasteiger partial charge in [-0.25, -0.2) is 9.36 Å². The number of pyridine rings is 1. The summed E-state index contributed by atoms with van der Waals surface area (Å²) in [5, 5.41) is 2.06. The maximum Gasteiger partial charge on any atom is 0.419 e. The van der Waals surface area contributed by atoms with Gasteiger partial charge >= 0.3 is 6.09 Å². The van der Waals surface area contributed by atoms with E-state index in [1.165, 1.54) is 0 Å². The third kappa shape index (κ3) is 2.95. The van der Waals surface area contributed by atoms with Gasteiger partial charge in [0.1, 0.15) is 5.60 Å². The van der Waals surface area contributed by atoms with Gasteiger partial charge in [-0.2, -0.15) is 0 Å². The molecule has 0 amide bonds. The maximum atomic E-state index is 13.1. The fraction of sp³-hybridized carbons (Fsp3) is 0.250. The SMILES string of the molecule is Cc1nc(C)c2c(c1-c1ccccc1)c1ccccc1n2C(=O)OC(C)(C)C. The molecule has 4 heteroatoms. The van der Waals surface area contributed by atoms with E-state index in [0.29, 0.717) is 0 Å². The van der Waals surface area contributed by atoms with Crippen LogP contribution in [0.1, 0.15) is 32.2 Å². The number of ether oxygens (including phenoxy) is 1. The van der Waals surface area contributed by atoms with Gasteiger partial charge < -0.3 is 4.74 Å². The molecular weight excluding hydrogens is 348 g/mol. The van der Waals surface area contributed by atoms with Crippen molar-refractivity contribution in [1.82, 2.24) is 9.55 Å². The highest BCUT2D eigenvalue weighted by atomic mass is 16.6. The van der Waals surface area contributed by atoms with Crippen molar-refractivity contribution in [2.45, 2.75) is 40.2 Å². The van der Waals surface area contributed by atoms with Crippen molar-refractivity contribution in [2.24, 2.45) is 0 Å². The lowest BCUT2D eigenvalue weighted by Gasteiger charge is -2.20. The number of carbonyl (C=O) groups is 1. The highest BCUT2D eigenvalue weighted by Crippen LogP contribution is 2.39. The maximum absolute atomic E-state index is 13.1. The fourth-order valence-electron chi connectivity index (χ4n) is 3.83. The van der Waals surface area contributed by atoms with E-state index >= 15 is 0 Å². The third-order valence-electron chi connectivity index (χ3n) is 4.80. The summed E-state index contributed by atoms with van der Waals surface area (Å²) in [6.45, 7) is 9.61. The molecule has 0 bridgehead atoms. The predicted octanol–water partition coefficient (Wildman–Crippen LogP) is 6.26. The molecule has 28 heavy (non-hydrogen) atoms. The van der Waals surface area contributed by atoms with Crippen molar-refractivity contribution < 1.29 is 9.53 Å². The first kappa shape index (κ1) is 18.2. The summed E-state index contributed by atoms with van der Waals surface area (Å²) in [6, 6.07) is 18.2. The Morgan fingerprint density at radius 1 is 0.929 bits per heavy atom. The first-order valence-electron chi connectivity index (χ1n) is 9.47. The van der Waals surface area contributed by atoms with Crippen LogP contribution in [0.5, 0.6) is 0 Å². The number of benzene rings is 2. The van der Waals surface area contributed by atoms with Crippen LogP contribution in [0, 0.1) is 13.8 Å². The van der Waals surface area contributed by atoms with E-state index in [1.807, 2.05) is 71.0 Å². The average molecular weight is 372 g/mol. The van der Waals surface area contributed by atoms with Crippen LogP contribution in [0.15, 0.2) is 54.6 Å². The number of aromatic nitrogens is 2. The van der Waals surface area contributed by atoms with E-state index in [0.717, 1.165) is 44.3 Å². The summed E-state index contributed by atoms with van der Waals surface area (Å²) in [4.78, 5) is 17.9. The van der Waals surface area contributed by atoms with Crippen LogP contribution in [-0.2, 0) is 4.74 Å². The summed E-state index contributed by atoms with van der Waals surface area (Å²) >= 11 is 0. The van der Waals surface area contributed by atoms with Crippen LogP contribution in [-0.4, -0.2) is 21.2 Å². The van der Waals surface area contributed by atoms with Crippen molar-refractivity contribution in [3.8, 4) is 11.1 Å². The Morgan fingerprint density at radius 3 is 2.25 bits per heavy atom. The number of aryl methyl sites for hydroxylation is 2. The molecule has 4 nitrogen and oxygen atoms in total. The molecular formula is C24H24N2O2. The minimum Gasteiger partial charge on any atom is -0.443 e. The van der Waals surface area contributed by atoms with E-state index in [1.54, 1.807) is 4.57 Å². The van der Waals surface area contributed by atoms with Crippen LogP contribution in [0.3, 0.4) is 0 Å². The first-order valence-corrected chi connectivity index (χ1v) is 9.47. The Hall–Kier alpha value is -3.14. The van der Waals surface area contributed by atoms with Crippen LogP contribution in [0.2, 0.25) is 0 Å². The number of rotatable bonds is 1. The summed E-state index contributed by atoms with van der Waals surface area (Å²) < 4.78 is 7.40. The molecule has 0 saturated carbocycles. The second kappa shape index (κ2) is 6.48. The molecule has 0 aliphatic heterocycles. The van der Waals surface area contributed by atoms with Crippen molar-refractivity contribution >= 4 is 27.9 Å². The highest BCUT2D eigenvalue weighted by molar-refractivity contribution is 6.18. The van der Waals surface area contributed by atoms with Crippen LogP contribution < -0.4 is 0 Å². The molecule has 4 rings (SSSR count). The van der Waals surface area contributed by atoms with Gasteiger partial charge in [-0.15, -0.1) is 0 Å². The normalized spacial score (nSPS) is 11.9. The molecule has 0 saturated heterocycles. The van der Waals surface area contributed by atoms with Crippen LogP contribution >= 0.6 is 0 Å². The molecule has 0 spiro atoms. The number of fused-ring (bicyclic) bond motifs is 3. The zero-order valence-corrected chi connectivity index (χ0v) is 16.9. The van der Waals surface area contributed by atoms with Gasteiger partial charge in [0.15, 0.2) is 0 Å². The van der Waals surface area contributed by atoms with E-state index in [2.05, 4.69) is 18.2 Å². The molecule has 0 aliphatic rings. The number of para-hydroxylation sites is 1. The Kier molecular flexibility index (Phi) is 4.22. The summed E-state index contributed by atoms with van der Waals surface area (Å²) in [6.07, 6.45) is -0.383. The van der Waals surface area contributed by atoms with Crippen molar-refractivity contribution in [2.75, 3.05) is 0 Å². The van der Waals surface area contributed by atoms with Gasteiger partial charge in [0.25, 0.3) is 0 Å². The molecule has 4 aromatic rings. The third-order valence-corrected chi connectivity index (χ3v) is 4.80. The van der Waals surface area contributed by atoms with Gasteiger partial charge in [-0.3, -0.25) is 4.98 Å². The van der Waals surface area contributed by atoms with Gasteiger partial charge in [0.2, 0.25) is 0 Å². The zero-order valence-electron chi connectivity index (χ0n) is 16.9. The van der Waals surface area contributed by atoms with E-state index in [-0.39, 0.29) is 6.09 Å². The summed E-state index contributed by atoms with van der Waals surface area (Å²) in [5.41, 5.74) is 4.96. The highest BCUT2D eigenvalue weighted by Gasteiger charge is 2.26. The molecule has 0 atom stereocenters. The molecule has 0 unspecified atom stereocenters. The van der Waals surface area contributed by atoms with Crippen molar-refractivity contribution in [1.29, 1.82) is 0 Å². The average Bonchev–Trinajstić information content (AvgIpc) is 2.97. The van der Waals surface area contributed by atoms with Crippen molar-refractivity contribution in [3.63, 3.8) is 0 Å². The summed E-state index contributed by atoms with van der Waals surface area (Å²) in [5.74, 6) is 0. The van der Waals surface area contributed by atoms with Gasteiger partial charge in [-0.1, -0.05) is 48.5 Å². The molecule has 0 N–H and O–H groups in total. The Morgan fingerprint density at radius 2 is 1.57 bits per heavy atom. The molecule has 2 aromatic heterocycles. The predicted molar refractivity (Wildman–Crippen MR) is 114 cm³/mol. The fourth-order valence-corrected chi connectivity index (χ4v) is 3.83. The lowest BCUT2D eigenvalue weighted by molar-refractivity contribution is 0.0551. The molecule has 2 aromatic carbocycles. The number of hydrogen-bond acceptors (Lipinski definition) is 3. The quantitative estimate of drug-likeness (QED) is 0.396. The Bertz CT molecular complexity index is 1200. The van der Waals surface area contributed by atoms with Crippen LogP contribution in [0.4, 0.5) is 4.79 Å². The molecule has 0 aliphatic carbocycles. The Balaban J connectivity index is 2.16. The van der Waals surface area contributed by atoms with E-state index in [9.17, 15) is 4.79 Å². The Labute approximate surface area is 164 Å². The smallest absolute Gasteiger partial charge is 0.419 e. The second-order valence-electron chi connectivity index (χ2n) is 8.08. The topological polar surface area (TPSA) is 44.1 Å². The largest absolute Gasteiger partial charge is 0.443 e. The van der Waals surface area contributed by atoms with Gasteiger partial charge in [0, 0.05) is 22.0 Å². The zero-order chi connectivity index (χ0) is 20.1. The lowest BCUT2D eigenvalue weighted by atomic mass is 9.98. The van der Waals surface area contributed by atoms with Gasteiger partial charge in [-0.05, 0) is 46.2 Å². The molecule has 142 valence electrons. The summed E-state index contributed by atoms with van der Waals surface area (Å²) in [7, 11) is 0. The molecule has 0 fully saturated rings. The van der Waals surface area contributed by atoms with Crippen molar-refractivity contribution in [3.05, 3.63) is 66.0 Å². The number of carbonyl (C=O) groups excluding carboxylic acids is 1. The molecule has 0 radical (unpaired) electrons. The van der Waals surface area contributed by atoms with Gasteiger partial charge in [0.05, 0.1) is 16.7 Å². The lowest BCUT2D eigenvalue weighted by Crippen LogP contribution is -2.27.